The first-order valence-electron chi connectivity index (χ1n) is 12.2. The number of benzene rings is 3. The van der Waals surface area contributed by atoms with Crippen LogP contribution in [0.5, 0.6) is 0 Å². The van der Waals surface area contributed by atoms with E-state index in [0.29, 0.717) is 13.1 Å². The van der Waals surface area contributed by atoms with Gasteiger partial charge in [0.05, 0.1) is 29.2 Å². The number of nitrogens with one attached hydrogen (secondary N) is 2. The van der Waals surface area contributed by atoms with Crippen molar-refractivity contribution in [1.29, 1.82) is 0 Å². The molecule has 0 spiro atoms. The third-order valence-corrected chi connectivity index (χ3v) is 7.50. The Bertz CT molecular complexity index is 1560. The van der Waals surface area contributed by atoms with E-state index in [4.69, 9.17) is 4.74 Å². The lowest BCUT2D eigenvalue weighted by Crippen LogP contribution is -2.35. The smallest absolute Gasteiger partial charge is 0.252 e. The summed E-state index contributed by atoms with van der Waals surface area (Å²) in [6.45, 7) is 8.48. The molecule has 174 valence electrons. The van der Waals surface area contributed by atoms with Crippen LogP contribution in [0.25, 0.3) is 43.6 Å². The summed E-state index contributed by atoms with van der Waals surface area (Å²) in [5.41, 5.74) is 6.33. The number of aromatic amines is 1. The van der Waals surface area contributed by atoms with E-state index in [1.807, 2.05) is 0 Å². The minimum absolute atomic E-state index is 0.0153. The first-order chi connectivity index (χ1) is 16.7. The Labute approximate surface area is 198 Å². The summed E-state index contributed by atoms with van der Waals surface area (Å²) in [7, 11) is 1.80. The van der Waals surface area contributed by atoms with Crippen LogP contribution >= 0.6 is 0 Å². The van der Waals surface area contributed by atoms with Gasteiger partial charge in [-0.05, 0) is 30.8 Å². The highest BCUT2D eigenvalue weighted by molar-refractivity contribution is 6.30. The molecule has 1 amide bonds. The van der Waals surface area contributed by atoms with Crippen molar-refractivity contribution >= 4 is 49.5 Å². The summed E-state index contributed by atoms with van der Waals surface area (Å²) in [6.07, 6.45) is 0.0282. The van der Waals surface area contributed by atoms with Crippen molar-refractivity contribution in [3.8, 4) is 0 Å². The molecule has 0 saturated carbocycles. The Morgan fingerprint density at radius 1 is 1.03 bits per heavy atom. The zero-order valence-corrected chi connectivity index (χ0v) is 19.9. The molecule has 0 saturated heterocycles. The van der Waals surface area contributed by atoms with E-state index < -0.39 is 0 Å². The molecule has 0 fully saturated rings. The van der Waals surface area contributed by atoms with Crippen LogP contribution in [-0.2, 0) is 17.8 Å². The molecule has 3 aromatic carbocycles. The Morgan fingerprint density at radius 3 is 2.53 bits per heavy atom. The third-order valence-electron chi connectivity index (χ3n) is 7.50. The van der Waals surface area contributed by atoms with Gasteiger partial charge in [-0.1, -0.05) is 50.2 Å². The van der Waals surface area contributed by atoms with E-state index in [1.165, 1.54) is 0 Å². The topological polar surface area (TPSA) is 62.3 Å². The number of carbonyl (C=O) groups excluding carboxylic acids is 1. The number of rotatable bonds is 7. The number of aromatic nitrogens is 2. The maximum atomic E-state index is 13.2. The summed E-state index contributed by atoms with van der Waals surface area (Å²) < 4.78 is 8.36. The number of methoxy groups -OCH3 is 1. The van der Waals surface area contributed by atoms with Crippen LogP contribution < -0.4 is 5.32 Å². The molecule has 6 heteroatoms. The summed E-state index contributed by atoms with van der Waals surface area (Å²) in [5, 5.41) is 7.57. The largest absolute Gasteiger partial charge is 0.378 e. The summed E-state index contributed by atoms with van der Waals surface area (Å²) in [5.74, 6) is 0.0153. The molecule has 5 aromatic rings. The van der Waals surface area contributed by atoms with Crippen LogP contribution in [0, 0.1) is 0 Å². The molecule has 0 bridgehead atoms. The minimum Gasteiger partial charge on any atom is -0.378 e. The minimum atomic E-state index is 0.0153. The van der Waals surface area contributed by atoms with Gasteiger partial charge in [0.25, 0.3) is 5.91 Å². The summed E-state index contributed by atoms with van der Waals surface area (Å²) in [4.78, 5) is 19.3. The molecular formula is C28H30N4O2. The van der Waals surface area contributed by atoms with Crippen molar-refractivity contribution in [2.24, 2.45) is 0 Å². The highest BCUT2D eigenvalue weighted by atomic mass is 16.5. The lowest BCUT2D eigenvalue weighted by Gasteiger charge is -2.25. The average Bonchev–Trinajstić information content (AvgIpc) is 3.53. The zero-order valence-electron chi connectivity index (χ0n) is 19.9. The van der Waals surface area contributed by atoms with E-state index in [-0.39, 0.29) is 12.0 Å². The lowest BCUT2D eigenvalue weighted by molar-refractivity contribution is 0.0564. The van der Waals surface area contributed by atoms with Gasteiger partial charge in [-0.2, -0.15) is 0 Å². The van der Waals surface area contributed by atoms with Crippen molar-refractivity contribution in [1.82, 2.24) is 19.8 Å². The molecule has 1 atom stereocenters. The van der Waals surface area contributed by atoms with Crippen LogP contribution in [0.15, 0.2) is 48.5 Å². The van der Waals surface area contributed by atoms with E-state index in [9.17, 15) is 4.79 Å². The molecule has 1 unspecified atom stereocenters. The van der Waals surface area contributed by atoms with Gasteiger partial charge in [0.2, 0.25) is 0 Å². The fourth-order valence-electron chi connectivity index (χ4n) is 5.78. The van der Waals surface area contributed by atoms with Crippen LogP contribution in [-0.4, -0.2) is 53.2 Å². The highest BCUT2D eigenvalue weighted by Gasteiger charge is 2.31. The zero-order chi connectivity index (χ0) is 23.4. The standard InChI is InChI=1S/C28H30N4O2/c1-4-31(5-2)15-17(34-3)16-32-22-13-9-7-11-19(22)24-25-20(14-29-28(25)33)23-18-10-6-8-12-21(18)30-26(23)27(24)32/h6-13,17,30H,4-5,14-16H2,1-3H3,(H,29,33). The van der Waals surface area contributed by atoms with Gasteiger partial charge < -0.3 is 24.5 Å². The second-order valence-corrected chi connectivity index (χ2v) is 9.15. The van der Waals surface area contributed by atoms with Gasteiger partial charge in [0.1, 0.15) is 0 Å². The quantitative estimate of drug-likeness (QED) is 0.363. The lowest BCUT2D eigenvalue weighted by atomic mass is 9.97. The Hall–Kier alpha value is -3.35. The second-order valence-electron chi connectivity index (χ2n) is 9.15. The maximum absolute atomic E-state index is 13.2. The molecule has 0 radical (unpaired) electrons. The van der Waals surface area contributed by atoms with Gasteiger partial charge in [-0.15, -0.1) is 0 Å². The maximum Gasteiger partial charge on any atom is 0.252 e. The molecule has 2 aromatic heterocycles. The predicted molar refractivity (Wildman–Crippen MR) is 139 cm³/mol. The molecule has 6 rings (SSSR count). The number of H-pyrrole nitrogens is 1. The van der Waals surface area contributed by atoms with Crippen LogP contribution in [0.1, 0.15) is 29.8 Å². The number of amides is 1. The number of likely N-dealkylation sites (N-methyl/N-ethyl adjacent to an activating group) is 1. The normalized spacial score (nSPS) is 14.6. The van der Waals surface area contributed by atoms with Gasteiger partial charge in [-0.25, -0.2) is 0 Å². The van der Waals surface area contributed by atoms with Crippen molar-refractivity contribution in [2.75, 3.05) is 26.7 Å². The van der Waals surface area contributed by atoms with E-state index in [1.54, 1.807) is 7.11 Å². The van der Waals surface area contributed by atoms with Crippen molar-refractivity contribution in [3.05, 3.63) is 59.7 Å². The van der Waals surface area contributed by atoms with Crippen molar-refractivity contribution < 1.29 is 9.53 Å². The summed E-state index contributed by atoms with van der Waals surface area (Å²) >= 11 is 0. The fourth-order valence-corrected chi connectivity index (χ4v) is 5.78. The molecule has 34 heavy (non-hydrogen) atoms. The van der Waals surface area contributed by atoms with E-state index in [0.717, 1.165) is 74.4 Å². The van der Waals surface area contributed by atoms with Crippen LogP contribution in [0.2, 0.25) is 0 Å². The number of hydrogen-bond acceptors (Lipinski definition) is 3. The SMILES string of the molecule is CCN(CC)CC(Cn1c2ccccc2c2c3c(c4c5ccccc5[nH]c4c21)CNC3=O)OC. The highest BCUT2D eigenvalue weighted by Crippen LogP contribution is 2.43. The molecule has 1 aliphatic heterocycles. The number of ether oxygens (including phenoxy) is 1. The average molecular weight is 455 g/mol. The number of hydrogen-bond donors (Lipinski definition) is 2. The van der Waals surface area contributed by atoms with E-state index in [2.05, 4.69) is 82.1 Å². The first-order valence-corrected chi connectivity index (χ1v) is 12.2. The third kappa shape index (κ3) is 2.99. The first kappa shape index (κ1) is 21.2. The van der Waals surface area contributed by atoms with Crippen LogP contribution in [0.3, 0.4) is 0 Å². The molecule has 0 aliphatic carbocycles. The monoisotopic (exact) mass is 454 g/mol. The van der Waals surface area contributed by atoms with Gasteiger partial charge in [0.15, 0.2) is 0 Å². The summed E-state index contributed by atoms with van der Waals surface area (Å²) in [6, 6.07) is 16.8. The van der Waals surface area contributed by atoms with Crippen molar-refractivity contribution in [2.45, 2.75) is 33.0 Å². The molecular weight excluding hydrogens is 424 g/mol. The molecule has 3 heterocycles. The predicted octanol–water partition coefficient (Wildman–Crippen LogP) is 5.03. The van der Waals surface area contributed by atoms with Crippen LogP contribution in [0.4, 0.5) is 0 Å². The van der Waals surface area contributed by atoms with E-state index >= 15 is 0 Å². The molecule has 6 nitrogen and oxygen atoms in total. The van der Waals surface area contributed by atoms with Gasteiger partial charge >= 0.3 is 0 Å². The Kier molecular flexibility index (Phi) is 5.08. The van der Waals surface area contributed by atoms with Gasteiger partial charge in [0, 0.05) is 52.8 Å². The number of nitrogens with zero attached hydrogens (tertiary/aromatic N) is 2. The fraction of sp³-hybridized carbons (Fsp3) is 0.321. The Balaban J connectivity index is 1.71. The number of carbonyl (C=O) groups is 1. The molecule has 2 N–H and O–H groups in total. The number of fused-ring (bicyclic) bond motifs is 10. The molecule has 1 aliphatic rings. The number of para-hydroxylation sites is 2. The Morgan fingerprint density at radius 2 is 1.76 bits per heavy atom. The van der Waals surface area contributed by atoms with Gasteiger partial charge in [-0.3, -0.25) is 4.79 Å². The van der Waals surface area contributed by atoms with Crippen molar-refractivity contribution in [3.63, 3.8) is 0 Å². The second kappa shape index (κ2) is 8.15.